The molecule has 2 N–H and O–H groups in total. The molecule has 1 aromatic heterocycles. The Labute approximate surface area is 119 Å². The smallest absolute Gasteiger partial charge is 0.241 e. The summed E-state index contributed by atoms with van der Waals surface area (Å²) in [6.45, 7) is 0.678. The average Bonchev–Trinajstić information content (AvgIpc) is 2.47. The van der Waals surface area contributed by atoms with Crippen LogP contribution < -0.4 is 10.0 Å². The molecule has 106 valence electrons. The maximum absolute atomic E-state index is 12.3. The fourth-order valence-electron chi connectivity index (χ4n) is 1.85. The largest absolute Gasteiger partial charge is 0.316 e. The van der Waals surface area contributed by atoms with Gasteiger partial charge in [-0.25, -0.2) is 13.1 Å². The Balaban J connectivity index is 2.18. The Morgan fingerprint density at radius 1 is 1.05 bits per heavy atom. The number of hydrogen-bond donors (Lipinski definition) is 2. The van der Waals surface area contributed by atoms with E-state index in [4.69, 9.17) is 0 Å². The SMILES string of the molecule is CNCc1ccccc1S(=O)(=O)NCc1ccccn1. The highest BCUT2D eigenvalue weighted by Gasteiger charge is 2.17. The van der Waals surface area contributed by atoms with E-state index in [-0.39, 0.29) is 6.54 Å². The van der Waals surface area contributed by atoms with Crippen molar-refractivity contribution in [2.75, 3.05) is 7.05 Å². The van der Waals surface area contributed by atoms with Gasteiger partial charge in [0.05, 0.1) is 17.1 Å². The van der Waals surface area contributed by atoms with E-state index in [1.807, 2.05) is 12.1 Å². The third-order valence-corrected chi connectivity index (χ3v) is 4.30. The first-order valence-corrected chi connectivity index (χ1v) is 7.74. The highest BCUT2D eigenvalue weighted by molar-refractivity contribution is 7.89. The molecular weight excluding hydrogens is 274 g/mol. The summed E-state index contributed by atoms with van der Waals surface area (Å²) < 4.78 is 27.2. The maximum Gasteiger partial charge on any atom is 0.241 e. The molecule has 0 saturated carbocycles. The summed E-state index contributed by atoms with van der Waals surface area (Å²) in [7, 11) is -1.76. The van der Waals surface area contributed by atoms with Crippen LogP contribution in [0.5, 0.6) is 0 Å². The van der Waals surface area contributed by atoms with Gasteiger partial charge in [-0.15, -0.1) is 0 Å². The van der Waals surface area contributed by atoms with Crippen molar-refractivity contribution in [3.8, 4) is 0 Å². The number of hydrogen-bond acceptors (Lipinski definition) is 4. The van der Waals surface area contributed by atoms with Crippen molar-refractivity contribution in [2.24, 2.45) is 0 Å². The first-order valence-electron chi connectivity index (χ1n) is 6.25. The zero-order valence-electron chi connectivity index (χ0n) is 11.2. The van der Waals surface area contributed by atoms with Crippen LogP contribution in [0.3, 0.4) is 0 Å². The predicted octanol–water partition coefficient (Wildman–Crippen LogP) is 1.28. The highest BCUT2D eigenvalue weighted by Crippen LogP contribution is 2.15. The topological polar surface area (TPSA) is 71.1 Å². The minimum atomic E-state index is -3.54. The summed E-state index contributed by atoms with van der Waals surface area (Å²) in [4.78, 5) is 4.39. The van der Waals surface area contributed by atoms with Crippen molar-refractivity contribution in [1.82, 2.24) is 15.0 Å². The Morgan fingerprint density at radius 2 is 1.80 bits per heavy atom. The minimum Gasteiger partial charge on any atom is -0.316 e. The first-order chi connectivity index (χ1) is 9.63. The van der Waals surface area contributed by atoms with Crippen molar-refractivity contribution in [3.05, 3.63) is 59.9 Å². The molecule has 20 heavy (non-hydrogen) atoms. The Bertz CT molecular complexity index is 657. The summed E-state index contributed by atoms with van der Waals surface area (Å²) in [6.07, 6.45) is 1.64. The molecule has 0 atom stereocenters. The van der Waals surface area contributed by atoms with Crippen molar-refractivity contribution < 1.29 is 8.42 Å². The van der Waals surface area contributed by atoms with Gasteiger partial charge in [-0.1, -0.05) is 24.3 Å². The van der Waals surface area contributed by atoms with Crippen LogP contribution in [0.25, 0.3) is 0 Å². The molecule has 0 spiro atoms. The Hall–Kier alpha value is -1.76. The van der Waals surface area contributed by atoms with Gasteiger partial charge in [-0.3, -0.25) is 4.98 Å². The van der Waals surface area contributed by atoms with Crippen LogP contribution in [0.15, 0.2) is 53.6 Å². The van der Waals surface area contributed by atoms with Gasteiger partial charge in [0.15, 0.2) is 0 Å². The van der Waals surface area contributed by atoms with E-state index < -0.39 is 10.0 Å². The van der Waals surface area contributed by atoms with E-state index in [1.165, 1.54) is 0 Å². The molecule has 0 bridgehead atoms. The second-order valence-corrected chi connectivity index (χ2v) is 6.02. The van der Waals surface area contributed by atoms with E-state index in [0.717, 1.165) is 5.56 Å². The van der Waals surface area contributed by atoms with Gasteiger partial charge in [-0.05, 0) is 30.8 Å². The monoisotopic (exact) mass is 291 g/mol. The standard InChI is InChI=1S/C14H17N3O2S/c1-15-10-12-6-2-3-8-14(12)20(18,19)17-11-13-7-4-5-9-16-13/h2-9,15,17H,10-11H2,1H3. The van der Waals surface area contributed by atoms with Gasteiger partial charge in [0.1, 0.15) is 0 Å². The minimum absolute atomic E-state index is 0.178. The van der Waals surface area contributed by atoms with Crippen LogP contribution in [0.1, 0.15) is 11.3 Å². The van der Waals surface area contributed by atoms with Gasteiger partial charge in [0.2, 0.25) is 10.0 Å². The number of sulfonamides is 1. The third-order valence-electron chi connectivity index (χ3n) is 2.80. The number of nitrogens with zero attached hydrogens (tertiary/aromatic N) is 1. The lowest BCUT2D eigenvalue weighted by Crippen LogP contribution is -2.25. The van der Waals surface area contributed by atoms with Crippen molar-refractivity contribution in [3.63, 3.8) is 0 Å². The van der Waals surface area contributed by atoms with E-state index in [1.54, 1.807) is 43.6 Å². The zero-order valence-corrected chi connectivity index (χ0v) is 12.0. The van der Waals surface area contributed by atoms with Crippen LogP contribution in [-0.4, -0.2) is 20.4 Å². The van der Waals surface area contributed by atoms with E-state index in [2.05, 4.69) is 15.0 Å². The average molecular weight is 291 g/mol. The van der Waals surface area contributed by atoms with Crippen molar-refractivity contribution >= 4 is 10.0 Å². The zero-order chi connectivity index (χ0) is 14.4. The number of nitrogens with one attached hydrogen (secondary N) is 2. The van der Waals surface area contributed by atoms with E-state index in [9.17, 15) is 8.42 Å². The first kappa shape index (κ1) is 14.6. The fourth-order valence-corrected chi connectivity index (χ4v) is 3.09. The molecule has 2 aromatic rings. The van der Waals surface area contributed by atoms with Crippen molar-refractivity contribution in [2.45, 2.75) is 18.0 Å². The molecular formula is C14H17N3O2S. The molecule has 0 aliphatic carbocycles. The van der Waals surface area contributed by atoms with Gasteiger partial charge in [-0.2, -0.15) is 0 Å². The van der Waals surface area contributed by atoms with Crippen LogP contribution in [-0.2, 0) is 23.1 Å². The molecule has 2 rings (SSSR count). The Morgan fingerprint density at radius 3 is 2.50 bits per heavy atom. The molecule has 0 saturated heterocycles. The van der Waals surface area contributed by atoms with Crippen LogP contribution >= 0.6 is 0 Å². The lowest BCUT2D eigenvalue weighted by Gasteiger charge is -2.11. The molecule has 0 aliphatic rings. The highest BCUT2D eigenvalue weighted by atomic mass is 32.2. The lowest BCUT2D eigenvalue weighted by molar-refractivity contribution is 0.578. The van der Waals surface area contributed by atoms with Crippen molar-refractivity contribution in [1.29, 1.82) is 0 Å². The van der Waals surface area contributed by atoms with Crippen LogP contribution in [0, 0.1) is 0 Å². The summed E-state index contributed by atoms with van der Waals surface area (Å²) in [5, 5.41) is 2.97. The maximum atomic E-state index is 12.3. The normalized spacial score (nSPS) is 11.4. The summed E-state index contributed by atoms with van der Waals surface area (Å²) >= 11 is 0. The second kappa shape index (κ2) is 6.60. The number of benzene rings is 1. The predicted molar refractivity (Wildman–Crippen MR) is 77.5 cm³/mol. The summed E-state index contributed by atoms with van der Waals surface area (Å²) in [6, 6.07) is 12.3. The molecule has 5 nitrogen and oxygen atoms in total. The van der Waals surface area contributed by atoms with E-state index in [0.29, 0.717) is 17.1 Å². The number of aromatic nitrogens is 1. The fraction of sp³-hybridized carbons (Fsp3) is 0.214. The van der Waals surface area contributed by atoms with Crippen LogP contribution in [0.2, 0.25) is 0 Å². The quantitative estimate of drug-likeness (QED) is 0.841. The molecule has 1 heterocycles. The lowest BCUT2D eigenvalue weighted by atomic mass is 10.2. The summed E-state index contributed by atoms with van der Waals surface area (Å²) in [5.74, 6) is 0. The summed E-state index contributed by atoms with van der Waals surface area (Å²) in [5.41, 5.74) is 1.42. The molecule has 0 radical (unpaired) electrons. The van der Waals surface area contributed by atoms with Gasteiger partial charge < -0.3 is 5.32 Å². The third kappa shape index (κ3) is 3.63. The van der Waals surface area contributed by atoms with Crippen LogP contribution in [0.4, 0.5) is 0 Å². The molecule has 0 aliphatic heterocycles. The molecule has 0 unspecified atom stereocenters. The molecule has 6 heteroatoms. The van der Waals surface area contributed by atoms with E-state index >= 15 is 0 Å². The number of rotatable bonds is 6. The number of pyridine rings is 1. The Kier molecular flexibility index (Phi) is 4.84. The molecule has 1 aromatic carbocycles. The van der Waals surface area contributed by atoms with Gasteiger partial charge in [0.25, 0.3) is 0 Å². The molecule has 0 amide bonds. The molecule has 0 fully saturated rings. The van der Waals surface area contributed by atoms with Gasteiger partial charge in [0, 0.05) is 12.7 Å². The van der Waals surface area contributed by atoms with Gasteiger partial charge >= 0.3 is 0 Å². The second-order valence-electron chi connectivity index (χ2n) is 4.28.